The molecule has 0 saturated heterocycles. The number of imidazole rings is 1. The summed E-state index contributed by atoms with van der Waals surface area (Å²) in [5.74, 6) is -0.617. The number of anilines is 2. The highest BCUT2D eigenvalue weighted by molar-refractivity contribution is 6.32. The summed E-state index contributed by atoms with van der Waals surface area (Å²) in [5, 5.41) is 3.35. The van der Waals surface area contributed by atoms with Crippen molar-refractivity contribution in [1.82, 2.24) is 14.5 Å². The largest absolute Gasteiger partial charge is 0.496 e. The van der Waals surface area contributed by atoms with E-state index in [1.807, 2.05) is 25.3 Å². The molecule has 0 saturated carbocycles. The Morgan fingerprint density at radius 3 is 2.56 bits per heavy atom. The van der Waals surface area contributed by atoms with Crippen LogP contribution in [-0.2, 0) is 10.3 Å². The number of pyridine rings is 1. The monoisotopic (exact) mass is 595 g/mol. The molecule has 0 radical (unpaired) electrons. The SMILES string of the molecule is CCOc1cc(OC)c(-c2nc3c(n2C(C)C)[C@@]2(C(=O)Nc4cc(Cl)ccc42)N(c2cc(F)cc(Cl)c2)C3=O)cn1. The van der Waals surface area contributed by atoms with Crippen LogP contribution in [0.2, 0.25) is 10.0 Å². The van der Waals surface area contributed by atoms with E-state index >= 15 is 0 Å². The van der Waals surface area contributed by atoms with Gasteiger partial charge < -0.3 is 19.4 Å². The van der Waals surface area contributed by atoms with E-state index in [1.165, 1.54) is 24.1 Å². The Labute approximate surface area is 244 Å². The molecule has 0 unspecified atom stereocenters. The molecule has 2 aliphatic rings. The van der Waals surface area contributed by atoms with Gasteiger partial charge in [0.1, 0.15) is 17.4 Å². The maximum absolute atomic E-state index is 14.7. The standard InChI is InChI=1S/C29H24Cl2FN5O4/c1-5-41-23-12-22(40-4)19(13-33-23)26-35-24-25(36(26)14(2)3)29(20-7-6-15(30)10-21(20)34-28(29)39)37(27(24)38)18-9-16(31)8-17(32)11-18/h6-14H,5H2,1-4H3,(H,34,39)/t29-/m0/s1. The molecular weight excluding hydrogens is 572 g/mol. The fraction of sp³-hybridized carbons (Fsp3) is 0.241. The van der Waals surface area contributed by atoms with E-state index < -0.39 is 23.2 Å². The number of halogens is 3. The number of hydrogen-bond donors (Lipinski definition) is 1. The normalized spacial score (nSPS) is 17.3. The second kappa shape index (κ2) is 9.74. The molecule has 1 N–H and O–H groups in total. The summed E-state index contributed by atoms with van der Waals surface area (Å²) in [5.41, 5.74) is 0.0966. The van der Waals surface area contributed by atoms with Crippen LogP contribution in [0.25, 0.3) is 11.4 Å². The lowest BCUT2D eigenvalue weighted by Crippen LogP contribution is -2.51. The zero-order chi connectivity index (χ0) is 29.2. The van der Waals surface area contributed by atoms with Crippen LogP contribution in [0.4, 0.5) is 15.8 Å². The van der Waals surface area contributed by atoms with Crippen LogP contribution in [0.15, 0.2) is 48.7 Å². The molecule has 41 heavy (non-hydrogen) atoms. The van der Waals surface area contributed by atoms with Gasteiger partial charge in [0.15, 0.2) is 11.2 Å². The number of carbonyl (C=O) groups excluding carboxylic acids is 2. The molecule has 0 fully saturated rings. The molecular formula is C29H24Cl2FN5O4. The maximum Gasteiger partial charge on any atom is 0.280 e. The van der Waals surface area contributed by atoms with Crippen molar-refractivity contribution in [3.8, 4) is 23.0 Å². The van der Waals surface area contributed by atoms with E-state index in [9.17, 15) is 14.0 Å². The number of benzene rings is 2. The molecule has 4 heterocycles. The third kappa shape index (κ3) is 3.88. The van der Waals surface area contributed by atoms with E-state index in [1.54, 1.807) is 30.5 Å². The smallest absolute Gasteiger partial charge is 0.280 e. The Hall–Kier alpha value is -4.15. The number of hydrogen-bond acceptors (Lipinski definition) is 6. The molecule has 9 nitrogen and oxygen atoms in total. The third-order valence-corrected chi connectivity index (χ3v) is 7.61. The quantitative estimate of drug-likeness (QED) is 0.283. The van der Waals surface area contributed by atoms with Gasteiger partial charge in [-0.3, -0.25) is 14.5 Å². The van der Waals surface area contributed by atoms with E-state index in [-0.39, 0.29) is 22.4 Å². The zero-order valence-corrected chi connectivity index (χ0v) is 24.0. The first-order chi connectivity index (χ1) is 19.6. The lowest BCUT2D eigenvalue weighted by Gasteiger charge is -2.35. The summed E-state index contributed by atoms with van der Waals surface area (Å²) in [6.45, 7) is 6.09. The highest BCUT2D eigenvalue weighted by Crippen LogP contribution is 2.55. The van der Waals surface area contributed by atoms with Gasteiger partial charge in [0.05, 0.1) is 30.7 Å². The molecule has 2 aliphatic heterocycles. The topological polar surface area (TPSA) is 98.6 Å². The number of fused-ring (bicyclic) bond motifs is 4. The Morgan fingerprint density at radius 2 is 1.88 bits per heavy atom. The Bertz CT molecular complexity index is 1740. The highest BCUT2D eigenvalue weighted by Gasteiger charge is 2.64. The van der Waals surface area contributed by atoms with Gasteiger partial charge in [-0.05, 0) is 51.1 Å². The van der Waals surface area contributed by atoms with Gasteiger partial charge in [0.25, 0.3) is 11.8 Å². The van der Waals surface area contributed by atoms with Gasteiger partial charge in [-0.1, -0.05) is 29.3 Å². The van der Waals surface area contributed by atoms with Crippen LogP contribution in [0.5, 0.6) is 11.6 Å². The van der Waals surface area contributed by atoms with Crippen molar-refractivity contribution in [2.45, 2.75) is 32.4 Å². The van der Waals surface area contributed by atoms with Crippen LogP contribution in [-0.4, -0.2) is 40.1 Å². The van der Waals surface area contributed by atoms with Crippen LogP contribution in [0.3, 0.4) is 0 Å². The van der Waals surface area contributed by atoms with Crippen molar-refractivity contribution in [2.75, 3.05) is 23.9 Å². The first kappa shape index (κ1) is 27.0. The summed E-state index contributed by atoms with van der Waals surface area (Å²) in [6, 6.07) is 10.0. The van der Waals surface area contributed by atoms with Crippen molar-refractivity contribution in [3.05, 3.63) is 81.5 Å². The summed E-state index contributed by atoms with van der Waals surface area (Å²) in [6.07, 6.45) is 1.56. The number of amides is 2. The number of carbonyl (C=O) groups is 2. The molecule has 12 heteroatoms. The molecule has 2 aromatic heterocycles. The van der Waals surface area contributed by atoms with Crippen LogP contribution in [0, 0.1) is 5.82 Å². The summed E-state index contributed by atoms with van der Waals surface area (Å²) >= 11 is 12.5. The molecule has 210 valence electrons. The number of nitrogens with zero attached hydrogens (tertiary/aromatic N) is 4. The van der Waals surface area contributed by atoms with Gasteiger partial charge in [0.2, 0.25) is 5.88 Å². The van der Waals surface area contributed by atoms with Crippen molar-refractivity contribution in [2.24, 2.45) is 0 Å². The number of nitrogens with one attached hydrogen (secondary N) is 1. The first-order valence-electron chi connectivity index (χ1n) is 12.8. The molecule has 4 aromatic rings. The predicted octanol–water partition coefficient (Wildman–Crippen LogP) is 6.24. The van der Waals surface area contributed by atoms with Crippen LogP contribution < -0.4 is 19.7 Å². The fourth-order valence-corrected chi connectivity index (χ4v) is 6.06. The molecule has 1 spiro atoms. The van der Waals surface area contributed by atoms with Crippen LogP contribution >= 0.6 is 23.2 Å². The van der Waals surface area contributed by atoms with Crippen molar-refractivity contribution in [1.29, 1.82) is 0 Å². The van der Waals surface area contributed by atoms with E-state index in [0.717, 1.165) is 6.07 Å². The minimum absolute atomic E-state index is 0.0305. The second-order valence-corrected chi connectivity index (χ2v) is 10.7. The van der Waals surface area contributed by atoms with Crippen molar-refractivity contribution >= 4 is 46.4 Å². The zero-order valence-electron chi connectivity index (χ0n) is 22.5. The Balaban J connectivity index is 1.69. The fourth-order valence-electron chi connectivity index (χ4n) is 5.67. The van der Waals surface area contributed by atoms with Gasteiger partial charge in [-0.15, -0.1) is 0 Å². The average molecular weight is 596 g/mol. The van der Waals surface area contributed by atoms with E-state index in [2.05, 4.69) is 10.3 Å². The summed E-state index contributed by atoms with van der Waals surface area (Å²) in [7, 11) is 1.51. The van der Waals surface area contributed by atoms with E-state index in [4.69, 9.17) is 37.7 Å². The average Bonchev–Trinajstić information content (AvgIpc) is 3.52. The molecule has 0 bridgehead atoms. The minimum atomic E-state index is -1.75. The molecule has 6 rings (SSSR count). The molecule has 0 aliphatic carbocycles. The lowest BCUT2D eigenvalue weighted by atomic mass is 9.87. The molecule has 2 aromatic carbocycles. The number of methoxy groups -OCH3 is 1. The lowest BCUT2D eigenvalue weighted by molar-refractivity contribution is -0.119. The molecule has 2 amide bonds. The van der Waals surface area contributed by atoms with Crippen molar-refractivity contribution < 1.29 is 23.5 Å². The number of rotatable bonds is 6. The summed E-state index contributed by atoms with van der Waals surface area (Å²) in [4.78, 5) is 39.0. The Kier molecular flexibility index (Phi) is 6.43. The minimum Gasteiger partial charge on any atom is -0.496 e. The summed E-state index contributed by atoms with van der Waals surface area (Å²) < 4.78 is 27.7. The highest BCUT2D eigenvalue weighted by atomic mass is 35.5. The van der Waals surface area contributed by atoms with Crippen LogP contribution in [0.1, 0.15) is 48.6 Å². The third-order valence-electron chi connectivity index (χ3n) is 7.16. The van der Waals surface area contributed by atoms with Gasteiger partial charge in [-0.25, -0.2) is 14.4 Å². The number of aromatic nitrogens is 3. The molecule has 1 atom stereocenters. The Morgan fingerprint density at radius 1 is 1.10 bits per heavy atom. The predicted molar refractivity (Wildman–Crippen MR) is 153 cm³/mol. The van der Waals surface area contributed by atoms with E-state index in [0.29, 0.717) is 51.6 Å². The maximum atomic E-state index is 14.7. The van der Waals surface area contributed by atoms with Gasteiger partial charge >= 0.3 is 0 Å². The van der Waals surface area contributed by atoms with Gasteiger partial charge in [-0.2, -0.15) is 0 Å². The first-order valence-corrected chi connectivity index (χ1v) is 13.6. The van der Waals surface area contributed by atoms with Gasteiger partial charge in [0, 0.05) is 39.6 Å². The second-order valence-electron chi connectivity index (χ2n) is 9.87. The van der Waals surface area contributed by atoms with Crippen molar-refractivity contribution in [3.63, 3.8) is 0 Å². The number of ether oxygens (including phenoxy) is 2.